The van der Waals surface area contributed by atoms with Crippen LogP contribution in [0, 0.1) is 5.82 Å². The zero-order valence-corrected chi connectivity index (χ0v) is 8.90. The highest BCUT2D eigenvalue weighted by atomic mass is 19.1. The minimum absolute atomic E-state index is 0.0558. The van der Waals surface area contributed by atoms with Gasteiger partial charge < -0.3 is 15.7 Å². The van der Waals surface area contributed by atoms with Crippen LogP contribution in [0.4, 0.5) is 14.9 Å². The van der Waals surface area contributed by atoms with Gasteiger partial charge in [-0.1, -0.05) is 6.92 Å². The van der Waals surface area contributed by atoms with E-state index in [1.807, 2.05) is 6.92 Å². The Labute approximate surface area is 92.7 Å². The monoisotopic (exact) mass is 227 g/mol. The Hall–Kier alpha value is -1.69. The van der Waals surface area contributed by atoms with Crippen molar-refractivity contribution >= 4 is 11.7 Å². The highest BCUT2D eigenvalue weighted by molar-refractivity contribution is 5.89. The molecule has 0 radical (unpaired) electrons. The number of hydrogen-bond acceptors (Lipinski definition) is 3. The van der Waals surface area contributed by atoms with Gasteiger partial charge in [0.2, 0.25) is 0 Å². The Morgan fingerprint density at radius 1 is 1.69 bits per heavy atom. The van der Waals surface area contributed by atoms with Gasteiger partial charge in [0, 0.05) is 6.20 Å². The van der Waals surface area contributed by atoms with Crippen LogP contribution < -0.4 is 10.6 Å². The summed E-state index contributed by atoms with van der Waals surface area (Å²) in [7, 11) is 0. The van der Waals surface area contributed by atoms with Crippen LogP contribution in [0.15, 0.2) is 18.5 Å². The Kier molecular flexibility index (Phi) is 4.65. The zero-order valence-electron chi connectivity index (χ0n) is 8.90. The number of nitrogens with zero attached hydrogens (tertiary/aromatic N) is 1. The van der Waals surface area contributed by atoms with Gasteiger partial charge in [-0.05, 0) is 12.5 Å². The molecule has 3 N–H and O–H groups in total. The number of aliphatic hydroxyl groups is 1. The van der Waals surface area contributed by atoms with E-state index in [1.165, 1.54) is 12.3 Å². The molecule has 0 fully saturated rings. The van der Waals surface area contributed by atoms with Gasteiger partial charge in [-0.3, -0.25) is 4.98 Å². The maximum absolute atomic E-state index is 13.1. The number of amides is 2. The van der Waals surface area contributed by atoms with Crippen molar-refractivity contribution < 1.29 is 14.3 Å². The van der Waals surface area contributed by atoms with E-state index in [9.17, 15) is 9.18 Å². The van der Waals surface area contributed by atoms with E-state index in [1.54, 1.807) is 0 Å². The smallest absolute Gasteiger partial charge is 0.319 e. The first-order valence-corrected chi connectivity index (χ1v) is 4.95. The van der Waals surface area contributed by atoms with Crippen LogP contribution in [0.25, 0.3) is 0 Å². The van der Waals surface area contributed by atoms with Crippen molar-refractivity contribution in [1.82, 2.24) is 10.3 Å². The van der Waals surface area contributed by atoms with Gasteiger partial charge >= 0.3 is 6.03 Å². The quantitative estimate of drug-likeness (QED) is 0.721. The second-order valence-corrected chi connectivity index (χ2v) is 3.24. The fourth-order valence-electron chi connectivity index (χ4n) is 1.10. The first-order chi connectivity index (χ1) is 7.67. The molecule has 0 saturated heterocycles. The molecule has 0 aromatic carbocycles. The second kappa shape index (κ2) is 6.02. The molecule has 0 bridgehead atoms. The fourth-order valence-corrected chi connectivity index (χ4v) is 1.10. The molecule has 0 spiro atoms. The predicted octanol–water partition coefficient (Wildman–Crippen LogP) is 1.11. The molecule has 0 unspecified atom stereocenters. The Morgan fingerprint density at radius 3 is 3.00 bits per heavy atom. The number of urea groups is 1. The van der Waals surface area contributed by atoms with Crippen molar-refractivity contribution in [1.29, 1.82) is 0 Å². The predicted molar refractivity (Wildman–Crippen MR) is 57.5 cm³/mol. The molecule has 16 heavy (non-hydrogen) atoms. The number of carbonyl (C=O) groups is 1. The van der Waals surface area contributed by atoms with Gasteiger partial charge in [0.1, 0.15) is 0 Å². The number of hydrogen-bond donors (Lipinski definition) is 3. The summed E-state index contributed by atoms with van der Waals surface area (Å²) < 4.78 is 13.1. The van der Waals surface area contributed by atoms with Gasteiger partial charge in [0.05, 0.1) is 24.5 Å². The highest BCUT2D eigenvalue weighted by Gasteiger charge is 2.10. The molecule has 0 aliphatic rings. The van der Waals surface area contributed by atoms with Crippen molar-refractivity contribution in [3.63, 3.8) is 0 Å². The molecular formula is C10H14FN3O2. The molecule has 1 aromatic rings. The highest BCUT2D eigenvalue weighted by Crippen LogP contribution is 2.10. The number of aliphatic hydroxyl groups excluding tert-OH is 1. The number of anilines is 1. The van der Waals surface area contributed by atoms with Crippen LogP contribution in [0.1, 0.15) is 13.3 Å². The molecular weight excluding hydrogens is 213 g/mol. The summed E-state index contributed by atoms with van der Waals surface area (Å²) in [5.74, 6) is -0.602. The normalized spacial score (nSPS) is 11.9. The van der Waals surface area contributed by atoms with Crippen LogP contribution in [0.2, 0.25) is 0 Å². The lowest BCUT2D eigenvalue weighted by molar-refractivity contribution is 0.222. The fraction of sp³-hybridized carbons (Fsp3) is 0.400. The third kappa shape index (κ3) is 3.47. The maximum atomic E-state index is 13.1. The summed E-state index contributed by atoms with van der Waals surface area (Å²) in [6, 6.07) is 0.477. The Morgan fingerprint density at radius 2 is 2.44 bits per heavy atom. The Bertz CT molecular complexity index is 356. The summed E-state index contributed by atoms with van der Waals surface area (Å²) in [5, 5.41) is 13.7. The molecule has 1 atom stereocenters. The van der Waals surface area contributed by atoms with E-state index in [-0.39, 0.29) is 18.3 Å². The van der Waals surface area contributed by atoms with Crippen LogP contribution in [0.3, 0.4) is 0 Å². The standard InChI is InChI=1S/C10H14FN3O2/c1-2-7(6-15)13-10(16)14-9-3-4-12-5-8(9)11/h3-5,7,15H,2,6H2,1H3,(H2,12,13,14,16)/t7-/m1/s1. The van der Waals surface area contributed by atoms with Crippen LogP contribution in [-0.2, 0) is 0 Å². The molecule has 1 aromatic heterocycles. The summed E-state index contributed by atoms with van der Waals surface area (Å²) in [6.07, 6.45) is 2.99. The number of nitrogens with one attached hydrogen (secondary N) is 2. The minimum Gasteiger partial charge on any atom is -0.394 e. The topological polar surface area (TPSA) is 74.2 Å². The van der Waals surface area contributed by atoms with E-state index < -0.39 is 11.8 Å². The number of aromatic nitrogens is 1. The van der Waals surface area contributed by atoms with Crippen molar-refractivity contribution in [2.45, 2.75) is 19.4 Å². The van der Waals surface area contributed by atoms with Gasteiger partial charge in [-0.15, -0.1) is 0 Å². The van der Waals surface area contributed by atoms with Gasteiger partial charge in [-0.2, -0.15) is 0 Å². The summed E-state index contributed by atoms with van der Waals surface area (Å²) in [4.78, 5) is 14.9. The van der Waals surface area contributed by atoms with Crippen molar-refractivity contribution in [3.05, 3.63) is 24.3 Å². The third-order valence-electron chi connectivity index (χ3n) is 2.07. The van der Waals surface area contributed by atoms with E-state index in [2.05, 4.69) is 15.6 Å². The Balaban J connectivity index is 2.55. The maximum Gasteiger partial charge on any atom is 0.319 e. The lowest BCUT2D eigenvalue weighted by Crippen LogP contribution is -2.39. The SMILES string of the molecule is CC[C@H](CO)NC(=O)Nc1ccncc1F. The van der Waals surface area contributed by atoms with E-state index in [0.717, 1.165) is 6.20 Å². The summed E-state index contributed by atoms with van der Waals surface area (Å²) in [6.45, 7) is 1.68. The number of carbonyl (C=O) groups excluding carboxylic acids is 1. The molecule has 0 aliphatic carbocycles. The number of pyridine rings is 1. The van der Waals surface area contributed by atoms with Crippen LogP contribution in [-0.4, -0.2) is 28.8 Å². The zero-order chi connectivity index (χ0) is 12.0. The number of rotatable bonds is 4. The molecule has 2 amide bonds. The second-order valence-electron chi connectivity index (χ2n) is 3.24. The van der Waals surface area contributed by atoms with Gasteiger partial charge in [0.15, 0.2) is 5.82 Å². The summed E-state index contributed by atoms with van der Waals surface area (Å²) in [5.41, 5.74) is 0.0558. The van der Waals surface area contributed by atoms with Crippen LogP contribution in [0.5, 0.6) is 0 Å². The third-order valence-corrected chi connectivity index (χ3v) is 2.07. The van der Waals surface area contributed by atoms with E-state index >= 15 is 0 Å². The van der Waals surface area contributed by atoms with Crippen molar-refractivity contribution in [3.8, 4) is 0 Å². The van der Waals surface area contributed by atoms with Crippen molar-refractivity contribution in [2.24, 2.45) is 0 Å². The molecule has 5 nitrogen and oxygen atoms in total. The lowest BCUT2D eigenvalue weighted by atomic mass is 10.2. The molecule has 88 valence electrons. The largest absolute Gasteiger partial charge is 0.394 e. The van der Waals surface area contributed by atoms with E-state index in [0.29, 0.717) is 6.42 Å². The molecule has 6 heteroatoms. The molecule has 0 aliphatic heterocycles. The average molecular weight is 227 g/mol. The van der Waals surface area contributed by atoms with Gasteiger partial charge in [-0.25, -0.2) is 9.18 Å². The van der Waals surface area contributed by atoms with Crippen LogP contribution >= 0.6 is 0 Å². The molecule has 0 saturated carbocycles. The first-order valence-electron chi connectivity index (χ1n) is 4.95. The molecule has 1 rings (SSSR count). The van der Waals surface area contributed by atoms with Gasteiger partial charge in [0.25, 0.3) is 0 Å². The first kappa shape index (κ1) is 12.4. The average Bonchev–Trinajstić information content (AvgIpc) is 2.29. The molecule has 1 heterocycles. The van der Waals surface area contributed by atoms with E-state index in [4.69, 9.17) is 5.11 Å². The summed E-state index contributed by atoms with van der Waals surface area (Å²) >= 11 is 0. The van der Waals surface area contributed by atoms with Crippen molar-refractivity contribution in [2.75, 3.05) is 11.9 Å². The number of halogens is 1. The minimum atomic E-state index is -0.602. The lowest BCUT2D eigenvalue weighted by Gasteiger charge is -2.14.